The quantitative estimate of drug-likeness (QED) is 0.786. The van der Waals surface area contributed by atoms with Gasteiger partial charge in [-0.25, -0.2) is 0 Å². The molecule has 0 aliphatic carbocycles. The highest BCUT2D eigenvalue weighted by atomic mass is 16.4. The Morgan fingerprint density at radius 2 is 2.21 bits per heavy atom. The van der Waals surface area contributed by atoms with E-state index in [1.54, 1.807) is 30.7 Å². The minimum Gasteiger partial charge on any atom is -0.466 e. The molecule has 0 saturated heterocycles. The molecule has 0 aromatic carbocycles. The summed E-state index contributed by atoms with van der Waals surface area (Å²) >= 11 is 0. The fourth-order valence-corrected chi connectivity index (χ4v) is 1.39. The van der Waals surface area contributed by atoms with Crippen molar-refractivity contribution < 1.29 is 9.52 Å². The average Bonchev–Trinajstić information content (AvgIpc) is 2.70. The second-order valence-corrected chi connectivity index (χ2v) is 3.10. The first-order valence-electron chi connectivity index (χ1n) is 4.42. The van der Waals surface area contributed by atoms with Crippen LogP contribution in [0.2, 0.25) is 0 Å². The second kappa shape index (κ2) is 3.64. The first-order chi connectivity index (χ1) is 6.79. The molecule has 0 amide bonds. The number of nitrogens with zero attached hydrogens (tertiary/aromatic N) is 1. The summed E-state index contributed by atoms with van der Waals surface area (Å²) in [5, 5.41) is 9.93. The average molecular weight is 189 g/mol. The zero-order valence-corrected chi connectivity index (χ0v) is 7.84. The van der Waals surface area contributed by atoms with Crippen molar-refractivity contribution in [2.75, 3.05) is 0 Å². The largest absolute Gasteiger partial charge is 0.466 e. The predicted octanol–water partition coefficient (Wildman–Crippen LogP) is 2.06. The minimum atomic E-state index is -0.723. The molecule has 2 aromatic rings. The van der Waals surface area contributed by atoms with E-state index in [1.807, 2.05) is 13.0 Å². The summed E-state index contributed by atoms with van der Waals surface area (Å²) in [5.74, 6) is 0.543. The molecule has 14 heavy (non-hydrogen) atoms. The molecule has 1 atom stereocenters. The van der Waals surface area contributed by atoms with Crippen molar-refractivity contribution >= 4 is 0 Å². The summed E-state index contributed by atoms with van der Waals surface area (Å²) < 4.78 is 5.13. The summed E-state index contributed by atoms with van der Waals surface area (Å²) in [6.45, 7) is 1.86. The molecule has 0 aliphatic heterocycles. The fourth-order valence-electron chi connectivity index (χ4n) is 1.39. The highest BCUT2D eigenvalue weighted by Crippen LogP contribution is 2.23. The maximum Gasteiger partial charge on any atom is 0.138 e. The number of hydrogen-bond acceptors (Lipinski definition) is 3. The van der Waals surface area contributed by atoms with E-state index in [-0.39, 0.29) is 0 Å². The number of pyridine rings is 1. The van der Waals surface area contributed by atoms with E-state index in [2.05, 4.69) is 4.98 Å². The summed E-state index contributed by atoms with van der Waals surface area (Å²) in [5.41, 5.74) is 1.60. The third-order valence-electron chi connectivity index (χ3n) is 2.16. The lowest BCUT2D eigenvalue weighted by atomic mass is 10.1. The highest BCUT2D eigenvalue weighted by molar-refractivity contribution is 5.26. The van der Waals surface area contributed by atoms with Gasteiger partial charge < -0.3 is 9.52 Å². The van der Waals surface area contributed by atoms with Gasteiger partial charge in [0.05, 0.1) is 6.26 Å². The lowest BCUT2D eigenvalue weighted by Gasteiger charge is -2.09. The Hall–Kier alpha value is -1.61. The van der Waals surface area contributed by atoms with Crippen molar-refractivity contribution in [3.05, 3.63) is 53.7 Å². The van der Waals surface area contributed by atoms with E-state index < -0.39 is 6.10 Å². The third kappa shape index (κ3) is 1.54. The molecule has 0 aliphatic rings. The van der Waals surface area contributed by atoms with Gasteiger partial charge in [-0.3, -0.25) is 4.98 Å². The predicted molar refractivity (Wildman–Crippen MR) is 51.7 cm³/mol. The maximum atomic E-state index is 9.93. The van der Waals surface area contributed by atoms with Crippen molar-refractivity contribution in [3.63, 3.8) is 0 Å². The molecular formula is C11H11NO2. The Kier molecular flexibility index (Phi) is 2.33. The Morgan fingerprint density at radius 1 is 1.36 bits per heavy atom. The Labute approximate surface area is 82.0 Å². The molecule has 1 N–H and O–H groups in total. The summed E-state index contributed by atoms with van der Waals surface area (Å²) in [6, 6.07) is 7.14. The molecule has 0 saturated carbocycles. The van der Waals surface area contributed by atoms with E-state index >= 15 is 0 Å². The number of aliphatic hydroxyl groups is 1. The van der Waals surface area contributed by atoms with Crippen LogP contribution in [0.4, 0.5) is 0 Å². The number of hydrogen-bond donors (Lipinski definition) is 1. The lowest BCUT2D eigenvalue weighted by molar-refractivity contribution is 0.188. The van der Waals surface area contributed by atoms with E-state index in [1.165, 1.54) is 0 Å². The van der Waals surface area contributed by atoms with Crippen molar-refractivity contribution in [2.45, 2.75) is 13.0 Å². The molecule has 0 fully saturated rings. The molecule has 72 valence electrons. The van der Waals surface area contributed by atoms with Gasteiger partial charge in [0, 0.05) is 17.5 Å². The Bertz CT molecular complexity index is 409. The normalized spacial score (nSPS) is 12.7. The van der Waals surface area contributed by atoms with Crippen molar-refractivity contribution in [1.82, 2.24) is 4.98 Å². The molecule has 3 heteroatoms. The molecule has 0 bridgehead atoms. The van der Waals surface area contributed by atoms with Crippen LogP contribution >= 0.6 is 0 Å². The SMILES string of the molecule is Cc1ncccc1C(O)c1ccco1. The molecule has 2 rings (SSSR count). The van der Waals surface area contributed by atoms with Crippen LogP contribution in [0.15, 0.2) is 41.1 Å². The first kappa shape index (κ1) is 8.97. The van der Waals surface area contributed by atoms with E-state index in [4.69, 9.17) is 4.42 Å². The van der Waals surface area contributed by atoms with Gasteiger partial charge in [-0.05, 0) is 25.1 Å². The van der Waals surface area contributed by atoms with Crippen LogP contribution < -0.4 is 0 Å². The molecular weight excluding hydrogens is 178 g/mol. The van der Waals surface area contributed by atoms with Gasteiger partial charge in [-0.1, -0.05) is 6.07 Å². The molecule has 0 spiro atoms. The van der Waals surface area contributed by atoms with Gasteiger partial charge in [0.2, 0.25) is 0 Å². The second-order valence-electron chi connectivity index (χ2n) is 3.10. The van der Waals surface area contributed by atoms with E-state index in [0.717, 1.165) is 11.3 Å². The van der Waals surface area contributed by atoms with Gasteiger partial charge >= 0.3 is 0 Å². The van der Waals surface area contributed by atoms with Crippen LogP contribution in [0.3, 0.4) is 0 Å². The zero-order chi connectivity index (χ0) is 9.97. The first-order valence-corrected chi connectivity index (χ1v) is 4.42. The topological polar surface area (TPSA) is 46.3 Å². The monoisotopic (exact) mass is 189 g/mol. The van der Waals surface area contributed by atoms with Gasteiger partial charge in [0.25, 0.3) is 0 Å². The van der Waals surface area contributed by atoms with Crippen LogP contribution in [0, 0.1) is 6.92 Å². The van der Waals surface area contributed by atoms with Gasteiger partial charge in [0.15, 0.2) is 0 Å². The smallest absolute Gasteiger partial charge is 0.138 e. The van der Waals surface area contributed by atoms with Gasteiger partial charge in [-0.2, -0.15) is 0 Å². The van der Waals surface area contributed by atoms with Crippen LogP contribution in [-0.2, 0) is 0 Å². The Balaban J connectivity index is 2.37. The minimum absolute atomic E-state index is 0.543. The third-order valence-corrected chi connectivity index (χ3v) is 2.16. The summed E-state index contributed by atoms with van der Waals surface area (Å²) in [6.07, 6.45) is 2.52. The standard InChI is InChI=1S/C11H11NO2/c1-8-9(4-2-6-12-8)11(13)10-5-3-7-14-10/h2-7,11,13H,1H3. The molecule has 2 heterocycles. The van der Waals surface area contributed by atoms with Crippen molar-refractivity contribution in [3.8, 4) is 0 Å². The van der Waals surface area contributed by atoms with Crippen LogP contribution in [0.1, 0.15) is 23.1 Å². The lowest BCUT2D eigenvalue weighted by Crippen LogP contribution is -2.01. The number of aliphatic hydroxyl groups excluding tert-OH is 1. The fraction of sp³-hybridized carbons (Fsp3) is 0.182. The molecule has 2 aromatic heterocycles. The highest BCUT2D eigenvalue weighted by Gasteiger charge is 2.15. The van der Waals surface area contributed by atoms with E-state index in [0.29, 0.717) is 5.76 Å². The molecule has 0 radical (unpaired) electrons. The molecule has 1 unspecified atom stereocenters. The summed E-state index contributed by atoms with van der Waals surface area (Å²) in [4.78, 5) is 4.11. The van der Waals surface area contributed by atoms with Crippen LogP contribution in [-0.4, -0.2) is 10.1 Å². The number of rotatable bonds is 2. The van der Waals surface area contributed by atoms with E-state index in [9.17, 15) is 5.11 Å². The van der Waals surface area contributed by atoms with Gasteiger partial charge in [0.1, 0.15) is 11.9 Å². The molecule has 3 nitrogen and oxygen atoms in total. The van der Waals surface area contributed by atoms with Crippen LogP contribution in [0.25, 0.3) is 0 Å². The Morgan fingerprint density at radius 3 is 2.86 bits per heavy atom. The summed E-state index contributed by atoms with van der Waals surface area (Å²) in [7, 11) is 0. The van der Waals surface area contributed by atoms with Crippen LogP contribution in [0.5, 0.6) is 0 Å². The number of aromatic nitrogens is 1. The van der Waals surface area contributed by atoms with Crippen molar-refractivity contribution in [1.29, 1.82) is 0 Å². The maximum absolute atomic E-state index is 9.93. The zero-order valence-electron chi connectivity index (χ0n) is 7.84. The number of furan rings is 1. The van der Waals surface area contributed by atoms with Crippen molar-refractivity contribution in [2.24, 2.45) is 0 Å². The van der Waals surface area contributed by atoms with Gasteiger partial charge in [-0.15, -0.1) is 0 Å². The number of aryl methyl sites for hydroxylation is 1.